The van der Waals surface area contributed by atoms with Gasteiger partial charge in [-0.25, -0.2) is 0 Å². The summed E-state index contributed by atoms with van der Waals surface area (Å²) >= 11 is 0. The maximum Gasteiger partial charge on any atom is 0.272 e. The Morgan fingerprint density at radius 2 is 2.21 bits per heavy atom. The molecular formula is C18H23N3O3. The standard InChI is InChI=1S/C18H23N3O3/c1-4-23-15-8-6-5-7-13(15)10-19-18(22)17-14-9-11(2)24-12(3)16(14)20-21-17/h5-8,11-12H,4,9-10H2,1-3H3,(H,19,22)(H,20,21)/t11-,12+/m0/s1. The number of aromatic nitrogens is 2. The topological polar surface area (TPSA) is 76.2 Å². The van der Waals surface area contributed by atoms with Gasteiger partial charge in [-0.2, -0.15) is 5.10 Å². The molecule has 0 fully saturated rings. The van der Waals surface area contributed by atoms with Crippen LogP contribution in [0.25, 0.3) is 0 Å². The quantitative estimate of drug-likeness (QED) is 0.884. The molecule has 1 amide bonds. The van der Waals surface area contributed by atoms with E-state index in [0.29, 0.717) is 25.3 Å². The molecule has 2 atom stereocenters. The Labute approximate surface area is 141 Å². The van der Waals surface area contributed by atoms with Gasteiger partial charge in [0.05, 0.1) is 24.5 Å². The van der Waals surface area contributed by atoms with Crippen molar-refractivity contribution in [3.8, 4) is 5.75 Å². The first-order chi connectivity index (χ1) is 11.6. The number of rotatable bonds is 5. The van der Waals surface area contributed by atoms with Crippen LogP contribution in [0.15, 0.2) is 24.3 Å². The SMILES string of the molecule is CCOc1ccccc1CNC(=O)c1n[nH]c2c1C[C@H](C)O[C@@H]2C. The summed E-state index contributed by atoms with van der Waals surface area (Å²) in [5.74, 6) is 0.611. The number of fused-ring (bicyclic) bond motifs is 1. The molecule has 1 aromatic carbocycles. The van der Waals surface area contributed by atoms with Crippen LogP contribution in [-0.2, 0) is 17.7 Å². The molecule has 6 nitrogen and oxygen atoms in total. The number of H-pyrrole nitrogens is 1. The van der Waals surface area contributed by atoms with Gasteiger partial charge in [-0.1, -0.05) is 18.2 Å². The predicted octanol–water partition coefficient (Wildman–Crippen LogP) is 2.76. The molecule has 6 heteroatoms. The Bertz CT molecular complexity index is 726. The van der Waals surface area contributed by atoms with Crippen molar-refractivity contribution in [2.45, 2.75) is 45.9 Å². The van der Waals surface area contributed by atoms with Gasteiger partial charge in [0, 0.05) is 24.1 Å². The molecule has 0 radical (unpaired) electrons. The monoisotopic (exact) mass is 329 g/mol. The van der Waals surface area contributed by atoms with Gasteiger partial charge in [0.1, 0.15) is 5.75 Å². The van der Waals surface area contributed by atoms with Crippen molar-refractivity contribution in [2.75, 3.05) is 6.61 Å². The molecule has 0 saturated carbocycles. The number of hydrogen-bond acceptors (Lipinski definition) is 4. The number of carbonyl (C=O) groups is 1. The third-order valence-electron chi connectivity index (χ3n) is 4.16. The predicted molar refractivity (Wildman–Crippen MR) is 90.0 cm³/mol. The van der Waals surface area contributed by atoms with Gasteiger partial charge >= 0.3 is 0 Å². The molecule has 1 aromatic heterocycles. The summed E-state index contributed by atoms with van der Waals surface area (Å²) in [5, 5.41) is 10.1. The molecule has 128 valence electrons. The maximum absolute atomic E-state index is 12.6. The molecule has 0 unspecified atom stereocenters. The second-order valence-electron chi connectivity index (χ2n) is 5.98. The zero-order valence-corrected chi connectivity index (χ0v) is 14.3. The minimum atomic E-state index is -0.180. The molecular weight excluding hydrogens is 306 g/mol. The summed E-state index contributed by atoms with van der Waals surface area (Å²) in [5.41, 5.74) is 3.26. The first kappa shape index (κ1) is 16.5. The maximum atomic E-state index is 12.6. The number of aromatic amines is 1. The lowest BCUT2D eigenvalue weighted by Gasteiger charge is -2.25. The summed E-state index contributed by atoms with van der Waals surface area (Å²) < 4.78 is 11.3. The fraction of sp³-hybridized carbons (Fsp3) is 0.444. The van der Waals surface area contributed by atoms with Crippen molar-refractivity contribution in [3.05, 3.63) is 46.8 Å². The molecule has 0 bridgehead atoms. The summed E-state index contributed by atoms with van der Waals surface area (Å²) in [6.45, 7) is 6.90. The van der Waals surface area contributed by atoms with E-state index in [4.69, 9.17) is 9.47 Å². The Balaban J connectivity index is 1.73. The zero-order chi connectivity index (χ0) is 17.1. The molecule has 24 heavy (non-hydrogen) atoms. The summed E-state index contributed by atoms with van der Waals surface area (Å²) in [4.78, 5) is 12.6. The lowest BCUT2D eigenvalue weighted by Crippen LogP contribution is -2.27. The van der Waals surface area contributed by atoms with Gasteiger partial charge in [0.25, 0.3) is 5.91 Å². The second kappa shape index (κ2) is 7.05. The third-order valence-corrected chi connectivity index (χ3v) is 4.16. The highest BCUT2D eigenvalue weighted by molar-refractivity contribution is 5.94. The van der Waals surface area contributed by atoms with Crippen molar-refractivity contribution < 1.29 is 14.3 Å². The number of nitrogens with zero attached hydrogens (tertiary/aromatic N) is 1. The van der Waals surface area contributed by atoms with E-state index in [1.54, 1.807) is 0 Å². The summed E-state index contributed by atoms with van der Waals surface area (Å²) in [6, 6.07) is 7.70. The highest BCUT2D eigenvalue weighted by atomic mass is 16.5. The van der Waals surface area contributed by atoms with E-state index in [1.807, 2.05) is 45.0 Å². The van der Waals surface area contributed by atoms with Gasteiger partial charge in [0.15, 0.2) is 5.69 Å². The van der Waals surface area contributed by atoms with E-state index in [-0.39, 0.29) is 18.1 Å². The molecule has 2 N–H and O–H groups in total. The summed E-state index contributed by atoms with van der Waals surface area (Å²) in [7, 11) is 0. The van der Waals surface area contributed by atoms with E-state index >= 15 is 0 Å². The molecule has 3 rings (SSSR count). The van der Waals surface area contributed by atoms with Crippen LogP contribution in [0.4, 0.5) is 0 Å². The zero-order valence-electron chi connectivity index (χ0n) is 14.3. The van der Waals surface area contributed by atoms with Crippen molar-refractivity contribution in [1.29, 1.82) is 0 Å². The van der Waals surface area contributed by atoms with Crippen LogP contribution in [0.3, 0.4) is 0 Å². The average Bonchev–Trinajstić information content (AvgIpc) is 2.98. The molecule has 2 aromatic rings. The Hall–Kier alpha value is -2.34. The lowest BCUT2D eigenvalue weighted by atomic mass is 9.99. The Morgan fingerprint density at radius 3 is 3.00 bits per heavy atom. The minimum absolute atomic E-state index is 0.0727. The van der Waals surface area contributed by atoms with Gasteiger partial charge in [0.2, 0.25) is 0 Å². The van der Waals surface area contributed by atoms with Crippen molar-refractivity contribution in [3.63, 3.8) is 0 Å². The van der Waals surface area contributed by atoms with Crippen LogP contribution in [0, 0.1) is 0 Å². The number of nitrogens with one attached hydrogen (secondary N) is 2. The average molecular weight is 329 g/mol. The first-order valence-electron chi connectivity index (χ1n) is 8.31. The van der Waals surface area contributed by atoms with Crippen LogP contribution in [0.1, 0.15) is 54.2 Å². The van der Waals surface area contributed by atoms with Crippen LogP contribution >= 0.6 is 0 Å². The van der Waals surface area contributed by atoms with Crippen LogP contribution in [-0.4, -0.2) is 28.8 Å². The molecule has 2 heterocycles. The normalized spacial score (nSPS) is 19.6. The number of para-hydroxylation sites is 1. The minimum Gasteiger partial charge on any atom is -0.494 e. The molecule has 1 aliphatic heterocycles. The number of carbonyl (C=O) groups excluding carboxylic acids is 1. The van der Waals surface area contributed by atoms with E-state index in [0.717, 1.165) is 22.6 Å². The molecule has 0 spiro atoms. The smallest absolute Gasteiger partial charge is 0.272 e. The number of benzene rings is 1. The van der Waals surface area contributed by atoms with Crippen LogP contribution in [0.5, 0.6) is 5.75 Å². The van der Waals surface area contributed by atoms with E-state index in [9.17, 15) is 4.79 Å². The van der Waals surface area contributed by atoms with Crippen LogP contribution < -0.4 is 10.1 Å². The van der Waals surface area contributed by atoms with Crippen molar-refractivity contribution >= 4 is 5.91 Å². The third kappa shape index (κ3) is 3.28. The summed E-state index contributed by atoms with van der Waals surface area (Å²) in [6.07, 6.45) is 0.695. The Morgan fingerprint density at radius 1 is 1.42 bits per heavy atom. The number of ether oxygens (including phenoxy) is 2. The molecule has 1 aliphatic rings. The number of amides is 1. The highest BCUT2D eigenvalue weighted by Crippen LogP contribution is 2.30. The molecule has 0 saturated heterocycles. The second-order valence-corrected chi connectivity index (χ2v) is 5.98. The fourth-order valence-electron chi connectivity index (χ4n) is 3.07. The van der Waals surface area contributed by atoms with Crippen LogP contribution in [0.2, 0.25) is 0 Å². The van der Waals surface area contributed by atoms with Gasteiger partial charge < -0.3 is 14.8 Å². The van der Waals surface area contributed by atoms with Crippen molar-refractivity contribution in [2.24, 2.45) is 0 Å². The van der Waals surface area contributed by atoms with Gasteiger partial charge in [-0.15, -0.1) is 0 Å². The Kier molecular flexibility index (Phi) is 4.85. The lowest BCUT2D eigenvalue weighted by molar-refractivity contribution is -0.00697. The number of hydrogen-bond donors (Lipinski definition) is 2. The van der Waals surface area contributed by atoms with E-state index < -0.39 is 0 Å². The van der Waals surface area contributed by atoms with Crippen molar-refractivity contribution in [1.82, 2.24) is 15.5 Å². The van der Waals surface area contributed by atoms with Gasteiger partial charge in [-0.3, -0.25) is 9.89 Å². The van der Waals surface area contributed by atoms with E-state index in [1.165, 1.54) is 0 Å². The highest BCUT2D eigenvalue weighted by Gasteiger charge is 2.29. The molecule has 0 aliphatic carbocycles. The first-order valence-corrected chi connectivity index (χ1v) is 8.31. The largest absolute Gasteiger partial charge is 0.494 e. The van der Waals surface area contributed by atoms with Gasteiger partial charge in [-0.05, 0) is 26.8 Å². The fourth-order valence-corrected chi connectivity index (χ4v) is 3.07. The van der Waals surface area contributed by atoms with E-state index in [2.05, 4.69) is 15.5 Å².